The lowest BCUT2D eigenvalue weighted by molar-refractivity contribution is -0.137. The molecule has 3 unspecified atom stereocenters. The van der Waals surface area contributed by atoms with Crippen LogP contribution >= 0.6 is 0 Å². The summed E-state index contributed by atoms with van der Waals surface area (Å²) in [6.45, 7) is 6.57. The van der Waals surface area contributed by atoms with Gasteiger partial charge in [-0.25, -0.2) is 0 Å². The number of likely N-dealkylation sites (tertiary alicyclic amines) is 1. The minimum Gasteiger partial charge on any atom is -0.330 e. The van der Waals surface area contributed by atoms with Gasteiger partial charge in [0.1, 0.15) is 0 Å². The van der Waals surface area contributed by atoms with Gasteiger partial charge in [-0.15, -0.1) is 0 Å². The molecule has 1 aliphatic heterocycles. The van der Waals surface area contributed by atoms with Crippen molar-refractivity contribution in [3.63, 3.8) is 0 Å². The highest BCUT2D eigenvalue weighted by atomic mass is 19.4. The predicted octanol–water partition coefficient (Wildman–Crippen LogP) is 3.68. The first kappa shape index (κ1) is 16.3. The fraction of sp³-hybridized carbons (Fsp3) is 0.625. The first-order chi connectivity index (χ1) is 9.82. The van der Waals surface area contributed by atoms with Gasteiger partial charge in [0.25, 0.3) is 0 Å². The van der Waals surface area contributed by atoms with Crippen LogP contribution in [-0.2, 0) is 6.18 Å². The molecule has 1 aromatic rings. The normalized spacial score (nSPS) is 25.8. The Kier molecular flexibility index (Phi) is 4.94. The Labute approximate surface area is 124 Å². The summed E-state index contributed by atoms with van der Waals surface area (Å²) >= 11 is 0. The molecule has 0 spiro atoms. The van der Waals surface area contributed by atoms with Gasteiger partial charge in [-0.2, -0.15) is 13.2 Å². The Hall–Kier alpha value is -1.07. The van der Waals surface area contributed by atoms with Crippen molar-refractivity contribution < 1.29 is 13.2 Å². The van der Waals surface area contributed by atoms with Gasteiger partial charge in [0, 0.05) is 12.6 Å². The molecule has 0 aromatic heterocycles. The minimum absolute atomic E-state index is 0.0196. The third-order valence-corrected chi connectivity index (χ3v) is 4.69. The van der Waals surface area contributed by atoms with Crippen molar-refractivity contribution in [1.82, 2.24) is 4.90 Å². The van der Waals surface area contributed by atoms with Crippen molar-refractivity contribution in [2.75, 3.05) is 19.6 Å². The molecule has 2 N–H and O–H groups in total. The number of benzene rings is 1. The van der Waals surface area contributed by atoms with Gasteiger partial charge >= 0.3 is 6.18 Å². The van der Waals surface area contributed by atoms with E-state index in [2.05, 4.69) is 11.8 Å². The Bertz CT molecular complexity index is 473. The van der Waals surface area contributed by atoms with E-state index in [-0.39, 0.29) is 6.04 Å². The summed E-state index contributed by atoms with van der Waals surface area (Å²) in [5.41, 5.74) is 5.94. The van der Waals surface area contributed by atoms with Crippen LogP contribution in [0.3, 0.4) is 0 Å². The van der Waals surface area contributed by atoms with Gasteiger partial charge in [0.2, 0.25) is 0 Å². The Morgan fingerprint density at radius 2 is 2.10 bits per heavy atom. The minimum atomic E-state index is -4.29. The molecule has 1 saturated heterocycles. The zero-order valence-electron chi connectivity index (χ0n) is 12.5. The van der Waals surface area contributed by atoms with Crippen LogP contribution in [0.4, 0.5) is 13.2 Å². The maximum Gasteiger partial charge on any atom is 0.416 e. The maximum absolute atomic E-state index is 12.8. The molecule has 21 heavy (non-hydrogen) atoms. The molecule has 2 nitrogen and oxygen atoms in total. The van der Waals surface area contributed by atoms with E-state index in [0.717, 1.165) is 31.1 Å². The average Bonchev–Trinajstić information content (AvgIpc) is 2.46. The van der Waals surface area contributed by atoms with Crippen LogP contribution in [0.25, 0.3) is 0 Å². The standard InChI is InChI=1S/C16H23F3N2/c1-11-6-7-21(10-14(11)9-20)12(2)13-4-3-5-15(8-13)16(17,18)19/h3-5,8,11-12,14H,6-7,9-10,20H2,1-2H3. The van der Waals surface area contributed by atoms with E-state index < -0.39 is 11.7 Å². The molecule has 0 radical (unpaired) electrons. The monoisotopic (exact) mass is 300 g/mol. The molecule has 1 heterocycles. The van der Waals surface area contributed by atoms with Gasteiger partial charge < -0.3 is 5.73 Å². The highest BCUT2D eigenvalue weighted by Gasteiger charge is 2.32. The molecule has 5 heteroatoms. The number of hydrogen-bond donors (Lipinski definition) is 1. The summed E-state index contributed by atoms with van der Waals surface area (Å²) in [7, 11) is 0. The summed E-state index contributed by atoms with van der Waals surface area (Å²) in [5, 5.41) is 0. The zero-order valence-corrected chi connectivity index (χ0v) is 12.5. The topological polar surface area (TPSA) is 29.3 Å². The van der Waals surface area contributed by atoms with Crippen LogP contribution < -0.4 is 5.73 Å². The first-order valence-electron chi connectivity index (χ1n) is 7.44. The lowest BCUT2D eigenvalue weighted by atomic mass is 9.86. The SMILES string of the molecule is CC1CCN(C(C)c2cccc(C(F)(F)F)c2)CC1CN. The third kappa shape index (κ3) is 3.77. The van der Waals surface area contributed by atoms with Crippen LogP contribution in [0.2, 0.25) is 0 Å². The quantitative estimate of drug-likeness (QED) is 0.922. The van der Waals surface area contributed by atoms with E-state index >= 15 is 0 Å². The summed E-state index contributed by atoms with van der Waals surface area (Å²) in [4.78, 5) is 2.24. The molecule has 1 fully saturated rings. The Morgan fingerprint density at radius 3 is 2.71 bits per heavy atom. The van der Waals surface area contributed by atoms with Crippen LogP contribution in [0.15, 0.2) is 24.3 Å². The fourth-order valence-electron chi connectivity index (χ4n) is 3.02. The van der Waals surface area contributed by atoms with Crippen molar-refractivity contribution in [1.29, 1.82) is 0 Å². The van der Waals surface area contributed by atoms with Crippen molar-refractivity contribution in [2.24, 2.45) is 17.6 Å². The molecular weight excluding hydrogens is 277 g/mol. The lowest BCUT2D eigenvalue weighted by Crippen LogP contribution is -2.43. The summed E-state index contributed by atoms with van der Waals surface area (Å²) in [6.07, 6.45) is -3.24. The number of hydrogen-bond acceptors (Lipinski definition) is 2. The highest BCUT2D eigenvalue weighted by Crippen LogP contribution is 2.33. The fourth-order valence-corrected chi connectivity index (χ4v) is 3.02. The van der Waals surface area contributed by atoms with Gasteiger partial charge in [0.05, 0.1) is 5.56 Å². The molecule has 3 atom stereocenters. The lowest BCUT2D eigenvalue weighted by Gasteiger charge is -2.40. The smallest absolute Gasteiger partial charge is 0.330 e. The molecule has 1 aliphatic rings. The molecule has 1 aromatic carbocycles. The molecule has 0 bridgehead atoms. The molecular formula is C16H23F3N2. The van der Waals surface area contributed by atoms with Crippen LogP contribution in [0.1, 0.15) is 37.4 Å². The predicted molar refractivity (Wildman–Crippen MR) is 77.8 cm³/mol. The number of nitrogens with two attached hydrogens (primary N) is 1. The second kappa shape index (κ2) is 6.36. The largest absolute Gasteiger partial charge is 0.416 e. The van der Waals surface area contributed by atoms with Crippen molar-refractivity contribution in [2.45, 2.75) is 32.5 Å². The average molecular weight is 300 g/mol. The first-order valence-corrected chi connectivity index (χ1v) is 7.44. The summed E-state index contributed by atoms with van der Waals surface area (Å²) < 4.78 is 38.4. The number of alkyl halides is 3. The van der Waals surface area contributed by atoms with E-state index in [1.165, 1.54) is 12.1 Å². The summed E-state index contributed by atoms with van der Waals surface area (Å²) in [5.74, 6) is 1.01. The Balaban J connectivity index is 2.15. The molecule has 0 amide bonds. The zero-order chi connectivity index (χ0) is 15.6. The second-order valence-corrected chi connectivity index (χ2v) is 6.06. The van der Waals surface area contributed by atoms with Crippen LogP contribution in [0.5, 0.6) is 0 Å². The third-order valence-electron chi connectivity index (χ3n) is 4.69. The van der Waals surface area contributed by atoms with E-state index in [9.17, 15) is 13.2 Å². The van der Waals surface area contributed by atoms with Gasteiger partial charge in [-0.3, -0.25) is 4.90 Å². The number of nitrogens with zero attached hydrogens (tertiary/aromatic N) is 1. The van der Waals surface area contributed by atoms with Crippen molar-refractivity contribution in [3.8, 4) is 0 Å². The highest BCUT2D eigenvalue weighted by molar-refractivity contribution is 5.27. The van der Waals surface area contributed by atoms with E-state index in [1.54, 1.807) is 6.07 Å². The van der Waals surface area contributed by atoms with Crippen LogP contribution in [0, 0.1) is 11.8 Å². The molecule has 0 saturated carbocycles. The van der Waals surface area contributed by atoms with E-state index in [1.807, 2.05) is 6.92 Å². The summed E-state index contributed by atoms with van der Waals surface area (Å²) in [6, 6.07) is 5.63. The van der Waals surface area contributed by atoms with Crippen LogP contribution in [-0.4, -0.2) is 24.5 Å². The van der Waals surface area contributed by atoms with Gasteiger partial charge in [-0.05, 0) is 56.0 Å². The van der Waals surface area contributed by atoms with Gasteiger partial charge in [0.15, 0.2) is 0 Å². The molecule has 0 aliphatic carbocycles. The van der Waals surface area contributed by atoms with Crippen molar-refractivity contribution >= 4 is 0 Å². The Morgan fingerprint density at radius 1 is 1.38 bits per heavy atom. The number of rotatable bonds is 3. The second-order valence-electron chi connectivity index (χ2n) is 6.06. The molecule has 2 rings (SSSR count). The van der Waals surface area contributed by atoms with E-state index in [4.69, 9.17) is 5.73 Å². The maximum atomic E-state index is 12.8. The number of halogens is 3. The molecule has 118 valence electrons. The number of piperidine rings is 1. The van der Waals surface area contributed by atoms with Gasteiger partial charge in [-0.1, -0.05) is 19.1 Å². The van der Waals surface area contributed by atoms with E-state index in [0.29, 0.717) is 18.4 Å². The van der Waals surface area contributed by atoms with Crippen molar-refractivity contribution in [3.05, 3.63) is 35.4 Å².